The maximum atomic E-state index is 12.5. The lowest BCUT2D eigenvalue weighted by Crippen LogP contribution is -2.54. The molecule has 26 heavy (non-hydrogen) atoms. The Morgan fingerprint density at radius 1 is 1.19 bits per heavy atom. The van der Waals surface area contributed by atoms with E-state index in [1.54, 1.807) is 13.0 Å². The number of hydrogen-bond acceptors (Lipinski definition) is 5. The molecule has 1 aliphatic heterocycles. The number of carbonyl (C=O) groups excluding carboxylic acids is 2. The molecule has 1 heterocycles. The van der Waals surface area contributed by atoms with Crippen molar-refractivity contribution in [2.45, 2.75) is 90.3 Å². The fourth-order valence-electron chi connectivity index (χ4n) is 3.13. The number of rotatable bonds is 10. The summed E-state index contributed by atoms with van der Waals surface area (Å²) in [5.41, 5.74) is -1.74. The van der Waals surface area contributed by atoms with E-state index in [0.29, 0.717) is 12.8 Å². The van der Waals surface area contributed by atoms with Crippen LogP contribution in [0.5, 0.6) is 0 Å². The molecular formula is C19H34BNO5. The van der Waals surface area contributed by atoms with Crippen molar-refractivity contribution in [3.63, 3.8) is 0 Å². The predicted molar refractivity (Wildman–Crippen MR) is 103 cm³/mol. The molecule has 1 amide bonds. The van der Waals surface area contributed by atoms with Gasteiger partial charge in [-0.25, -0.2) is 4.79 Å². The second kappa shape index (κ2) is 9.04. The minimum atomic E-state index is -1.06. The number of ether oxygens (including phenoxy) is 1. The molecule has 1 rings (SSSR count). The third kappa shape index (κ3) is 5.58. The molecule has 0 bridgehead atoms. The van der Waals surface area contributed by atoms with Crippen molar-refractivity contribution in [2.75, 3.05) is 6.61 Å². The van der Waals surface area contributed by atoms with Crippen LogP contribution in [-0.2, 0) is 23.6 Å². The average molecular weight is 367 g/mol. The van der Waals surface area contributed by atoms with Gasteiger partial charge in [0.1, 0.15) is 5.54 Å². The first-order chi connectivity index (χ1) is 12.0. The van der Waals surface area contributed by atoms with Crippen LogP contribution >= 0.6 is 0 Å². The van der Waals surface area contributed by atoms with Crippen LogP contribution < -0.4 is 5.32 Å². The van der Waals surface area contributed by atoms with Crippen LogP contribution in [0.25, 0.3) is 0 Å². The monoisotopic (exact) mass is 367 g/mol. The number of carbonyl (C=O) groups is 2. The quantitative estimate of drug-likeness (QED) is 0.278. The molecule has 1 saturated heterocycles. The molecule has 1 atom stereocenters. The fourth-order valence-corrected chi connectivity index (χ4v) is 3.13. The van der Waals surface area contributed by atoms with Gasteiger partial charge >= 0.3 is 13.1 Å². The van der Waals surface area contributed by atoms with Crippen LogP contribution in [0.2, 0.25) is 6.32 Å². The van der Waals surface area contributed by atoms with Crippen LogP contribution in [0.15, 0.2) is 12.7 Å². The highest BCUT2D eigenvalue weighted by atomic mass is 16.7. The molecule has 0 aromatic heterocycles. The summed E-state index contributed by atoms with van der Waals surface area (Å²) in [5.74, 6) is -0.670. The Labute approximate surface area is 158 Å². The van der Waals surface area contributed by atoms with Crippen molar-refractivity contribution in [1.82, 2.24) is 5.32 Å². The van der Waals surface area contributed by atoms with E-state index in [0.717, 1.165) is 19.2 Å². The van der Waals surface area contributed by atoms with E-state index in [1.165, 1.54) is 6.92 Å². The number of nitrogens with one attached hydrogen (secondary N) is 1. The minimum absolute atomic E-state index is 0.253. The van der Waals surface area contributed by atoms with E-state index < -0.39 is 11.5 Å². The lowest BCUT2D eigenvalue weighted by atomic mass is 9.80. The Bertz CT molecular complexity index is 504. The first kappa shape index (κ1) is 22.7. The zero-order valence-corrected chi connectivity index (χ0v) is 17.1. The van der Waals surface area contributed by atoms with Gasteiger partial charge in [-0.05, 0) is 53.8 Å². The van der Waals surface area contributed by atoms with Crippen molar-refractivity contribution in [3.8, 4) is 0 Å². The highest BCUT2D eigenvalue weighted by molar-refractivity contribution is 6.45. The van der Waals surface area contributed by atoms with Gasteiger partial charge in [0, 0.05) is 6.92 Å². The summed E-state index contributed by atoms with van der Waals surface area (Å²) >= 11 is 0. The van der Waals surface area contributed by atoms with Crippen molar-refractivity contribution >= 4 is 19.0 Å². The van der Waals surface area contributed by atoms with Crippen molar-refractivity contribution in [1.29, 1.82) is 0 Å². The number of unbranched alkanes of at least 4 members (excludes halogenated alkanes) is 1. The summed E-state index contributed by atoms with van der Waals surface area (Å²) in [7, 11) is -0.253. The van der Waals surface area contributed by atoms with E-state index in [-0.39, 0.29) is 30.8 Å². The Kier molecular flexibility index (Phi) is 7.90. The predicted octanol–water partition coefficient (Wildman–Crippen LogP) is 3.26. The van der Waals surface area contributed by atoms with Gasteiger partial charge in [-0.2, -0.15) is 0 Å². The molecule has 0 saturated carbocycles. The molecular weight excluding hydrogens is 333 g/mol. The topological polar surface area (TPSA) is 73.9 Å². The first-order valence-electron chi connectivity index (χ1n) is 9.42. The van der Waals surface area contributed by atoms with Crippen molar-refractivity contribution < 1.29 is 23.6 Å². The second-order valence-electron chi connectivity index (χ2n) is 7.91. The molecule has 0 spiro atoms. The summed E-state index contributed by atoms with van der Waals surface area (Å²) in [6.45, 7) is 15.3. The van der Waals surface area contributed by atoms with Gasteiger partial charge < -0.3 is 19.4 Å². The van der Waals surface area contributed by atoms with Crippen LogP contribution in [0, 0.1) is 0 Å². The van der Waals surface area contributed by atoms with E-state index in [2.05, 4.69) is 11.9 Å². The fraction of sp³-hybridized carbons (Fsp3) is 0.789. The van der Waals surface area contributed by atoms with Crippen molar-refractivity contribution in [3.05, 3.63) is 12.7 Å². The second-order valence-corrected chi connectivity index (χ2v) is 7.91. The molecule has 0 aromatic rings. The standard InChI is InChI=1S/C19H34BNO5/c1-8-12-19(21-15(3)22,16(23)24-9-2)13-10-11-14-20-25-17(4,5)18(6,7)26-20/h8H,1,9-14H2,2-7H3,(H,21,22). The molecule has 6 nitrogen and oxygen atoms in total. The maximum absolute atomic E-state index is 12.5. The third-order valence-electron chi connectivity index (χ3n) is 5.17. The summed E-state index contributed by atoms with van der Waals surface area (Å²) in [5, 5.41) is 2.79. The van der Waals surface area contributed by atoms with Crippen LogP contribution in [-0.4, -0.2) is 42.3 Å². The molecule has 1 aliphatic rings. The van der Waals surface area contributed by atoms with Gasteiger partial charge in [0.25, 0.3) is 0 Å². The SMILES string of the molecule is C=CCC(CCCCB1OC(C)(C)C(C)(C)O1)(NC(C)=O)C(=O)OCC. The number of amides is 1. The van der Waals surface area contributed by atoms with Gasteiger partial charge in [-0.1, -0.05) is 18.9 Å². The summed E-state index contributed by atoms with van der Waals surface area (Å²) < 4.78 is 17.2. The molecule has 1 unspecified atom stereocenters. The van der Waals surface area contributed by atoms with E-state index in [1.807, 2.05) is 27.7 Å². The minimum Gasteiger partial charge on any atom is -0.464 e. The van der Waals surface area contributed by atoms with Crippen LogP contribution in [0.3, 0.4) is 0 Å². The summed E-state index contributed by atoms with van der Waals surface area (Å²) in [6, 6.07) is 0. The van der Waals surface area contributed by atoms with Crippen LogP contribution in [0.4, 0.5) is 0 Å². The molecule has 1 fully saturated rings. The molecule has 148 valence electrons. The Morgan fingerprint density at radius 2 is 1.77 bits per heavy atom. The highest BCUT2D eigenvalue weighted by Crippen LogP contribution is 2.38. The average Bonchev–Trinajstić information content (AvgIpc) is 2.71. The summed E-state index contributed by atoms with van der Waals surface area (Å²) in [6.07, 6.45) is 4.74. The molecule has 0 radical (unpaired) electrons. The lowest BCUT2D eigenvalue weighted by molar-refractivity contribution is -0.153. The zero-order valence-electron chi connectivity index (χ0n) is 17.1. The Balaban J connectivity index is 2.65. The van der Waals surface area contributed by atoms with Gasteiger partial charge in [0.2, 0.25) is 5.91 Å². The smallest absolute Gasteiger partial charge is 0.457 e. The Morgan fingerprint density at radius 3 is 2.23 bits per heavy atom. The van der Waals surface area contributed by atoms with Gasteiger partial charge in [0.15, 0.2) is 0 Å². The molecule has 0 aromatic carbocycles. The molecule has 0 aliphatic carbocycles. The first-order valence-corrected chi connectivity index (χ1v) is 9.42. The summed E-state index contributed by atoms with van der Waals surface area (Å²) in [4.78, 5) is 24.1. The zero-order chi connectivity index (χ0) is 20.0. The van der Waals surface area contributed by atoms with Crippen LogP contribution in [0.1, 0.15) is 67.2 Å². The van der Waals surface area contributed by atoms with Crippen molar-refractivity contribution in [2.24, 2.45) is 0 Å². The van der Waals surface area contributed by atoms with Gasteiger partial charge in [-0.3, -0.25) is 4.79 Å². The molecule has 1 N–H and O–H groups in total. The lowest BCUT2D eigenvalue weighted by Gasteiger charge is -2.32. The third-order valence-corrected chi connectivity index (χ3v) is 5.17. The maximum Gasteiger partial charge on any atom is 0.457 e. The van der Waals surface area contributed by atoms with Gasteiger partial charge in [-0.15, -0.1) is 6.58 Å². The Hall–Kier alpha value is -1.34. The van der Waals surface area contributed by atoms with E-state index in [9.17, 15) is 9.59 Å². The van der Waals surface area contributed by atoms with E-state index >= 15 is 0 Å². The normalized spacial score (nSPS) is 20.3. The highest BCUT2D eigenvalue weighted by Gasteiger charge is 2.50. The number of hydrogen-bond donors (Lipinski definition) is 1. The van der Waals surface area contributed by atoms with E-state index in [4.69, 9.17) is 14.0 Å². The largest absolute Gasteiger partial charge is 0.464 e. The van der Waals surface area contributed by atoms with Gasteiger partial charge in [0.05, 0.1) is 17.8 Å². The molecule has 7 heteroatoms. The number of esters is 1.